The van der Waals surface area contributed by atoms with E-state index in [0.717, 1.165) is 5.75 Å². The second-order valence-corrected chi connectivity index (χ2v) is 11.0. The molecule has 0 heterocycles. The molecule has 0 aliphatic carbocycles. The molecule has 0 aromatic heterocycles. The molecule has 2 aromatic rings. The molecule has 0 radical (unpaired) electrons. The summed E-state index contributed by atoms with van der Waals surface area (Å²) in [6, 6.07) is 15.0. The van der Waals surface area contributed by atoms with E-state index in [1.165, 1.54) is 21.9 Å². The third-order valence-electron chi connectivity index (χ3n) is 3.47. The summed E-state index contributed by atoms with van der Waals surface area (Å²) in [4.78, 5) is 0. The summed E-state index contributed by atoms with van der Waals surface area (Å²) < 4.78 is 5.61. The number of aryl methyl sites for hydroxylation is 1. The van der Waals surface area contributed by atoms with Crippen LogP contribution in [0.3, 0.4) is 0 Å². The van der Waals surface area contributed by atoms with Crippen LogP contribution in [0.1, 0.15) is 5.56 Å². The van der Waals surface area contributed by atoms with E-state index in [0.29, 0.717) is 0 Å². The molecule has 1 nitrogen and oxygen atoms in total. The van der Waals surface area contributed by atoms with E-state index < -0.39 is 8.07 Å². The summed E-state index contributed by atoms with van der Waals surface area (Å²) in [5, 5.41) is 1.46. The Morgan fingerprint density at radius 2 is 1.58 bits per heavy atom. The lowest BCUT2D eigenvalue weighted by molar-refractivity contribution is 0.416. The fraction of sp³-hybridized carbons (Fsp3) is 0.294. The molecule has 19 heavy (non-hydrogen) atoms. The molecule has 0 bridgehead atoms. The van der Waals surface area contributed by atoms with E-state index in [9.17, 15) is 0 Å². The van der Waals surface area contributed by atoms with Crippen LogP contribution >= 0.6 is 0 Å². The summed E-state index contributed by atoms with van der Waals surface area (Å²) in [5.41, 5.74) is 3.87. The van der Waals surface area contributed by atoms with Gasteiger partial charge in [-0.3, -0.25) is 0 Å². The van der Waals surface area contributed by atoms with Crippen molar-refractivity contribution < 1.29 is 4.74 Å². The van der Waals surface area contributed by atoms with Crippen LogP contribution in [0.15, 0.2) is 42.5 Å². The minimum atomic E-state index is -1.41. The minimum Gasteiger partial charge on any atom is -0.496 e. The van der Waals surface area contributed by atoms with E-state index in [4.69, 9.17) is 4.74 Å². The lowest BCUT2D eigenvalue weighted by atomic mass is 10.00. The van der Waals surface area contributed by atoms with Gasteiger partial charge in [-0.15, -0.1) is 0 Å². The summed E-state index contributed by atoms with van der Waals surface area (Å²) in [6.07, 6.45) is 0. The molecular formula is C17H22OSi. The zero-order chi connectivity index (χ0) is 14.0. The number of methoxy groups -OCH3 is 1. The topological polar surface area (TPSA) is 9.23 Å². The van der Waals surface area contributed by atoms with E-state index >= 15 is 0 Å². The molecule has 0 aliphatic heterocycles. The van der Waals surface area contributed by atoms with Gasteiger partial charge < -0.3 is 4.74 Å². The Labute approximate surface area is 117 Å². The van der Waals surface area contributed by atoms with Crippen molar-refractivity contribution in [3.63, 3.8) is 0 Å². The Morgan fingerprint density at radius 1 is 0.895 bits per heavy atom. The van der Waals surface area contributed by atoms with Crippen LogP contribution in [0.5, 0.6) is 5.75 Å². The Balaban J connectivity index is 2.77. The average molecular weight is 270 g/mol. The van der Waals surface area contributed by atoms with Gasteiger partial charge in [0.1, 0.15) is 5.75 Å². The molecule has 0 amide bonds. The van der Waals surface area contributed by atoms with Crippen molar-refractivity contribution >= 4 is 13.3 Å². The van der Waals surface area contributed by atoms with Crippen molar-refractivity contribution in [1.29, 1.82) is 0 Å². The highest BCUT2D eigenvalue weighted by Gasteiger charge is 2.23. The highest BCUT2D eigenvalue weighted by Crippen LogP contribution is 2.32. The second kappa shape index (κ2) is 5.22. The van der Waals surface area contributed by atoms with E-state index in [1.807, 2.05) is 0 Å². The first-order valence-corrected chi connectivity index (χ1v) is 10.2. The Hall–Kier alpha value is -1.54. The van der Waals surface area contributed by atoms with Crippen molar-refractivity contribution in [3.05, 3.63) is 48.0 Å². The second-order valence-electron chi connectivity index (χ2n) is 5.95. The first kappa shape index (κ1) is 13.9. The number of ether oxygens (including phenoxy) is 1. The van der Waals surface area contributed by atoms with Crippen LogP contribution in [0.4, 0.5) is 0 Å². The van der Waals surface area contributed by atoms with Gasteiger partial charge in [-0.1, -0.05) is 56.0 Å². The maximum absolute atomic E-state index is 5.61. The van der Waals surface area contributed by atoms with Crippen molar-refractivity contribution in [2.75, 3.05) is 7.11 Å². The predicted octanol–water partition coefficient (Wildman–Crippen LogP) is 4.22. The van der Waals surface area contributed by atoms with Crippen LogP contribution in [-0.4, -0.2) is 15.2 Å². The SMILES string of the molecule is COc1cccc([Si](C)(C)C)c1-c1ccccc1C. The maximum atomic E-state index is 5.61. The first-order chi connectivity index (χ1) is 8.95. The Kier molecular flexibility index (Phi) is 3.81. The Morgan fingerprint density at radius 3 is 2.16 bits per heavy atom. The Bertz CT molecular complexity index is 582. The van der Waals surface area contributed by atoms with Gasteiger partial charge in [-0.25, -0.2) is 0 Å². The average Bonchev–Trinajstić information content (AvgIpc) is 2.37. The molecule has 0 saturated carbocycles. The van der Waals surface area contributed by atoms with E-state index in [1.54, 1.807) is 7.11 Å². The molecule has 100 valence electrons. The highest BCUT2D eigenvalue weighted by atomic mass is 28.3. The van der Waals surface area contributed by atoms with Crippen LogP contribution in [0, 0.1) is 6.92 Å². The molecule has 0 aliphatic rings. The third-order valence-corrected chi connectivity index (χ3v) is 5.50. The smallest absolute Gasteiger partial charge is 0.126 e. The quantitative estimate of drug-likeness (QED) is 0.759. The normalized spacial score (nSPS) is 11.4. The van der Waals surface area contributed by atoms with Crippen molar-refractivity contribution in [3.8, 4) is 16.9 Å². The minimum absolute atomic E-state index is 0.981. The third kappa shape index (κ3) is 2.74. The monoisotopic (exact) mass is 270 g/mol. The van der Waals surface area contributed by atoms with Gasteiger partial charge in [0.05, 0.1) is 15.2 Å². The lowest BCUT2D eigenvalue weighted by Gasteiger charge is -2.24. The van der Waals surface area contributed by atoms with Crippen molar-refractivity contribution in [2.45, 2.75) is 26.6 Å². The molecule has 2 heteroatoms. The van der Waals surface area contributed by atoms with Gasteiger partial charge in [0.2, 0.25) is 0 Å². The molecule has 0 atom stereocenters. The highest BCUT2D eigenvalue weighted by molar-refractivity contribution is 6.89. The van der Waals surface area contributed by atoms with Crippen LogP contribution in [0.2, 0.25) is 19.6 Å². The van der Waals surface area contributed by atoms with Crippen molar-refractivity contribution in [2.24, 2.45) is 0 Å². The summed E-state index contributed by atoms with van der Waals surface area (Å²) in [6.45, 7) is 9.30. The zero-order valence-corrected chi connectivity index (χ0v) is 13.4. The predicted molar refractivity (Wildman–Crippen MR) is 86.1 cm³/mol. The number of hydrogen-bond donors (Lipinski definition) is 0. The molecule has 2 aromatic carbocycles. The van der Waals surface area contributed by atoms with Crippen LogP contribution < -0.4 is 9.92 Å². The van der Waals surface area contributed by atoms with Gasteiger partial charge in [-0.05, 0) is 29.3 Å². The van der Waals surface area contributed by atoms with Gasteiger partial charge >= 0.3 is 0 Å². The van der Waals surface area contributed by atoms with Gasteiger partial charge in [-0.2, -0.15) is 0 Å². The number of rotatable bonds is 3. The summed E-state index contributed by atoms with van der Waals surface area (Å²) in [7, 11) is 0.344. The summed E-state index contributed by atoms with van der Waals surface area (Å²) >= 11 is 0. The van der Waals surface area contributed by atoms with E-state index in [2.05, 4.69) is 69.0 Å². The zero-order valence-electron chi connectivity index (χ0n) is 12.4. The molecule has 0 N–H and O–H groups in total. The van der Waals surface area contributed by atoms with Gasteiger partial charge in [0, 0.05) is 5.56 Å². The first-order valence-electron chi connectivity index (χ1n) is 6.68. The molecule has 0 fully saturated rings. The summed E-state index contributed by atoms with van der Waals surface area (Å²) in [5.74, 6) is 0.981. The van der Waals surface area contributed by atoms with E-state index in [-0.39, 0.29) is 0 Å². The maximum Gasteiger partial charge on any atom is 0.126 e. The van der Waals surface area contributed by atoms with Gasteiger partial charge in [0.15, 0.2) is 0 Å². The van der Waals surface area contributed by atoms with Crippen molar-refractivity contribution in [1.82, 2.24) is 0 Å². The number of hydrogen-bond acceptors (Lipinski definition) is 1. The fourth-order valence-corrected chi connectivity index (χ4v) is 4.06. The molecule has 0 saturated heterocycles. The molecule has 2 rings (SSSR count). The fourth-order valence-electron chi connectivity index (χ4n) is 2.46. The molecule has 0 unspecified atom stereocenters. The van der Waals surface area contributed by atoms with Crippen LogP contribution in [0.25, 0.3) is 11.1 Å². The lowest BCUT2D eigenvalue weighted by Crippen LogP contribution is -2.39. The van der Waals surface area contributed by atoms with Crippen LogP contribution in [-0.2, 0) is 0 Å². The molecule has 0 spiro atoms. The standard InChI is InChI=1S/C17H22OSi/c1-13-9-6-7-10-14(13)17-15(18-2)11-8-12-16(17)19(3,4)5/h6-12H,1-5H3. The number of benzene rings is 2. The molecular weight excluding hydrogens is 248 g/mol. The van der Waals surface area contributed by atoms with Gasteiger partial charge in [0.25, 0.3) is 0 Å². The largest absolute Gasteiger partial charge is 0.496 e.